The molecule has 1 aliphatic rings. The standard InChI is InChI=1S/C20H24N4O3/c25-19(22-17-3-1-16(2-4-17)15-20(26)27)7-10-23-11-13-24(14-12-23)18-5-8-21-9-6-18/h1-6,8-9H,7,10-15H2,(H,22,25)(H,26,27). The van der Waals surface area contributed by atoms with E-state index in [1.807, 2.05) is 12.1 Å². The number of benzene rings is 1. The molecule has 1 saturated heterocycles. The maximum atomic E-state index is 12.2. The Kier molecular flexibility index (Phi) is 6.38. The summed E-state index contributed by atoms with van der Waals surface area (Å²) in [5.74, 6) is -0.895. The Morgan fingerprint density at radius 3 is 2.30 bits per heavy atom. The van der Waals surface area contributed by atoms with Gasteiger partial charge >= 0.3 is 5.97 Å². The number of amides is 1. The topological polar surface area (TPSA) is 85.8 Å². The van der Waals surface area contributed by atoms with Crippen molar-refractivity contribution in [3.63, 3.8) is 0 Å². The Hall–Kier alpha value is -2.93. The average Bonchev–Trinajstić information content (AvgIpc) is 2.69. The first-order valence-corrected chi connectivity index (χ1v) is 9.08. The fraction of sp³-hybridized carbons (Fsp3) is 0.350. The van der Waals surface area contributed by atoms with Gasteiger partial charge in [0.15, 0.2) is 0 Å². The van der Waals surface area contributed by atoms with Crippen molar-refractivity contribution in [2.24, 2.45) is 0 Å². The Morgan fingerprint density at radius 2 is 1.67 bits per heavy atom. The number of hydrogen-bond donors (Lipinski definition) is 2. The lowest BCUT2D eigenvalue weighted by Gasteiger charge is -2.35. The highest BCUT2D eigenvalue weighted by Gasteiger charge is 2.17. The second-order valence-electron chi connectivity index (χ2n) is 6.60. The smallest absolute Gasteiger partial charge is 0.307 e. The number of aliphatic carboxylic acids is 1. The zero-order valence-electron chi connectivity index (χ0n) is 15.2. The Labute approximate surface area is 158 Å². The molecule has 1 aromatic carbocycles. The van der Waals surface area contributed by atoms with E-state index in [9.17, 15) is 9.59 Å². The second-order valence-corrected chi connectivity index (χ2v) is 6.60. The van der Waals surface area contributed by atoms with Gasteiger partial charge in [0.1, 0.15) is 0 Å². The summed E-state index contributed by atoms with van der Waals surface area (Å²) in [6.07, 6.45) is 4.03. The number of nitrogens with zero attached hydrogens (tertiary/aromatic N) is 3. The minimum Gasteiger partial charge on any atom is -0.481 e. The van der Waals surface area contributed by atoms with Gasteiger partial charge in [0, 0.05) is 62.9 Å². The van der Waals surface area contributed by atoms with Crippen LogP contribution in [0.2, 0.25) is 0 Å². The van der Waals surface area contributed by atoms with E-state index in [0.717, 1.165) is 32.7 Å². The van der Waals surface area contributed by atoms with Gasteiger partial charge in [0.25, 0.3) is 0 Å². The number of aromatic nitrogens is 1. The molecule has 0 radical (unpaired) electrons. The molecule has 0 saturated carbocycles. The molecule has 0 atom stereocenters. The predicted octanol–water partition coefficient (Wildman–Crippen LogP) is 1.86. The van der Waals surface area contributed by atoms with E-state index in [1.165, 1.54) is 5.69 Å². The van der Waals surface area contributed by atoms with Crippen LogP contribution >= 0.6 is 0 Å². The van der Waals surface area contributed by atoms with Crippen LogP contribution in [-0.2, 0) is 16.0 Å². The molecule has 1 aromatic heterocycles. The highest BCUT2D eigenvalue weighted by atomic mass is 16.4. The SMILES string of the molecule is O=C(O)Cc1ccc(NC(=O)CCN2CCN(c3ccncc3)CC2)cc1. The van der Waals surface area contributed by atoms with Gasteiger partial charge in [-0.2, -0.15) is 0 Å². The lowest BCUT2D eigenvalue weighted by atomic mass is 10.1. The summed E-state index contributed by atoms with van der Waals surface area (Å²) in [6.45, 7) is 4.47. The summed E-state index contributed by atoms with van der Waals surface area (Å²) in [5.41, 5.74) is 2.60. The van der Waals surface area contributed by atoms with E-state index < -0.39 is 5.97 Å². The molecule has 7 heteroatoms. The fourth-order valence-electron chi connectivity index (χ4n) is 3.15. The molecular weight excluding hydrogens is 344 g/mol. The number of pyridine rings is 1. The van der Waals surface area contributed by atoms with Gasteiger partial charge in [-0.15, -0.1) is 0 Å². The van der Waals surface area contributed by atoms with Crippen molar-refractivity contribution in [1.29, 1.82) is 0 Å². The Morgan fingerprint density at radius 1 is 1.00 bits per heavy atom. The Balaban J connectivity index is 1.39. The molecule has 0 spiro atoms. The van der Waals surface area contributed by atoms with Gasteiger partial charge in [0.05, 0.1) is 6.42 Å². The van der Waals surface area contributed by atoms with Crippen molar-refractivity contribution in [3.05, 3.63) is 54.4 Å². The summed E-state index contributed by atoms with van der Waals surface area (Å²) >= 11 is 0. The van der Waals surface area contributed by atoms with Crippen molar-refractivity contribution in [2.75, 3.05) is 42.9 Å². The second kappa shape index (κ2) is 9.14. The van der Waals surface area contributed by atoms with E-state index in [2.05, 4.69) is 20.1 Å². The quantitative estimate of drug-likeness (QED) is 0.776. The summed E-state index contributed by atoms with van der Waals surface area (Å²) in [5, 5.41) is 11.6. The van der Waals surface area contributed by atoms with Crippen LogP contribution in [0.3, 0.4) is 0 Å². The number of rotatable bonds is 7. The first-order valence-electron chi connectivity index (χ1n) is 9.08. The molecule has 1 aliphatic heterocycles. The molecule has 0 aliphatic carbocycles. The minimum atomic E-state index is -0.865. The summed E-state index contributed by atoms with van der Waals surface area (Å²) in [7, 11) is 0. The van der Waals surface area contributed by atoms with E-state index in [-0.39, 0.29) is 12.3 Å². The van der Waals surface area contributed by atoms with E-state index in [4.69, 9.17) is 5.11 Å². The number of hydrogen-bond acceptors (Lipinski definition) is 5. The van der Waals surface area contributed by atoms with Crippen molar-refractivity contribution < 1.29 is 14.7 Å². The number of carboxylic acid groups (broad SMARTS) is 1. The third-order valence-electron chi connectivity index (χ3n) is 4.65. The van der Waals surface area contributed by atoms with Crippen LogP contribution in [0.1, 0.15) is 12.0 Å². The first-order chi connectivity index (χ1) is 13.1. The largest absolute Gasteiger partial charge is 0.481 e. The summed E-state index contributed by atoms with van der Waals surface area (Å²) in [6, 6.07) is 11.0. The van der Waals surface area contributed by atoms with Gasteiger partial charge in [-0.3, -0.25) is 19.5 Å². The average molecular weight is 368 g/mol. The van der Waals surface area contributed by atoms with Crippen LogP contribution in [0.4, 0.5) is 11.4 Å². The normalized spacial score (nSPS) is 14.7. The highest BCUT2D eigenvalue weighted by molar-refractivity contribution is 5.90. The number of carbonyl (C=O) groups is 2. The lowest BCUT2D eigenvalue weighted by Crippen LogP contribution is -2.47. The fourth-order valence-corrected chi connectivity index (χ4v) is 3.15. The van der Waals surface area contributed by atoms with E-state index in [1.54, 1.807) is 36.7 Å². The van der Waals surface area contributed by atoms with Crippen LogP contribution in [0.25, 0.3) is 0 Å². The molecule has 0 bridgehead atoms. The van der Waals surface area contributed by atoms with Crippen LogP contribution in [0.5, 0.6) is 0 Å². The van der Waals surface area contributed by atoms with Crippen molar-refractivity contribution in [2.45, 2.75) is 12.8 Å². The monoisotopic (exact) mass is 368 g/mol. The molecule has 2 N–H and O–H groups in total. The molecule has 2 aromatic rings. The zero-order valence-corrected chi connectivity index (χ0v) is 15.2. The Bertz CT molecular complexity index is 757. The van der Waals surface area contributed by atoms with Gasteiger partial charge < -0.3 is 15.3 Å². The summed E-state index contributed by atoms with van der Waals surface area (Å²) in [4.78, 5) is 31.5. The highest BCUT2D eigenvalue weighted by Crippen LogP contribution is 2.15. The molecule has 7 nitrogen and oxygen atoms in total. The van der Waals surface area contributed by atoms with Crippen LogP contribution in [0.15, 0.2) is 48.8 Å². The van der Waals surface area contributed by atoms with Crippen LogP contribution in [0, 0.1) is 0 Å². The third kappa shape index (κ3) is 5.79. The van der Waals surface area contributed by atoms with E-state index in [0.29, 0.717) is 17.7 Å². The predicted molar refractivity (Wildman–Crippen MR) is 104 cm³/mol. The molecule has 0 unspecified atom stereocenters. The molecule has 3 rings (SSSR count). The van der Waals surface area contributed by atoms with Gasteiger partial charge in [-0.05, 0) is 29.8 Å². The number of anilines is 2. The number of nitrogens with one attached hydrogen (secondary N) is 1. The molecule has 142 valence electrons. The van der Waals surface area contributed by atoms with Crippen molar-refractivity contribution in [3.8, 4) is 0 Å². The number of carbonyl (C=O) groups excluding carboxylic acids is 1. The van der Waals surface area contributed by atoms with Gasteiger partial charge in [-0.25, -0.2) is 0 Å². The molecule has 1 fully saturated rings. The molecule has 2 heterocycles. The lowest BCUT2D eigenvalue weighted by molar-refractivity contribution is -0.136. The van der Waals surface area contributed by atoms with Gasteiger partial charge in [-0.1, -0.05) is 12.1 Å². The first kappa shape index (κ1) is 18.8. The number of carboxylic acids is 1. The van der Waals surface area contributed by atoms with Gasteiger partial charge in [0.2, 0.25) is 5.91 Å². The molecular formula is C20H24N4O3. The van der Waals surface area contributed by atoms with Crippen molar-refractivity contribution >= 4 is 23.3 Å². The summed E-state index contributed by atoms with van der Waals surface area (Å²) < 4.78 is 0. The maximum absolute atomic E-state index is 12.2. The van der Waals surface area contributed by atoms with Crippen molar-refractivity contribution in [1.82, 2.24) is 9.88 Å². The molecule has 1 amide bonds. The zero-order chi connectivity index (χ0) is 19.1. The minimum absolute atomic E-state index is 0.0142. The van der Waals surface area contributed by atoms with Crippen LogP contribution in [-0.4, -0.2) is 59.6 Å². The third-order valence-corrected chi connectivity index (χ3v) is 4.65. The van der Waals surface area contributed by atoms with E-state index >= 15 is 0 Å². The molecule has 27 heavy (non-hydrogen) atoms. The van der Waals surface area contributed by atoms with Crippen LogP contribution < -0.4 is 10.2 Å². The maximum Gasteiger partial charge on any atom is 0.307 e. The number of piperazine rings is 1.